The smallest absolute Gasteiger partial charge is 0.419 e. The van der Waals surface area contributed by atoms with Gasteiger partial charge in [-0.3, -0.25) is 14.2 Å². The third kappa shape index (κ3) is 4.44. The zero-order chi connectivity index (χ0) is 22.2. The first kappa shape index (κ1) is 20.6. The molecule has 31 heavy (non-hydrogen) atoms. The fourth-order valence-electron chi connectivity index (χ4n) is 3.15. The van der Waals surface area contributed by atoms with Crippen molar-refractivity contribution in [1.82, 2.24) is 14.5 Å². The van der Waals surface area contributed by atoms with E-state index in [4.69, 9.17) is 4.74 Å². The molecule has 7 nitrogen and oxygen atoms in total. The Bertz CT molecular complexity index is 1500. The van der Waals surface area contributed by atoms with E-state index < -0.39 is 22.8 Å². The minimum absolute atomic E-state index is 0.0976. The molecular weight excluding hydrogens is 414 g/mol. The van der Waals surface area contributed by atoms with Gasteiger partial charge in [0, 0.05) is 22.0 Å². The average Bonchev–Trinajstić information content (AvgIpc) is 3.33. The van der Waals surface area contributed by atoms with Crippen LogP contribution < -0.4 is 21.8 Å². The quantitative estimate of drug-likeness (QED) is 0.506. The van der Waals surface area contributed by atoms with Crippen LogP contribution in [-0.2, 0) is 4.74 Å². The molecule has 3 heterocycles. The second-order valence-electron chi connectivity index (χ2n) is 7.99. The number of nitrogens with one attached hydrogen (secondary N) is 2. The number of hydrogen-bond donors (Lipinski definition) is 2. The van der Waals surface area contributed by atoms with Crippen molar-refractivity contribution in [2.24, 2.45) is 0 Å². The Hall–Kier alpha value is -3.65. The molecule has 0 aliphatic heterocycles. The Balaban J connectivity index is 1.85. The molecule has 3 aromatic heterocycles. The summed E-state index contributed by atoms with van der Waals surface area (Å²) in [6, 6.07) is 11.0. The molecular formula is C23H21N3O4S. The molecule has 0 radical (unpaired) electrons. The number of aromatic nitrogens is 3. The summed E-state index contributed by atoms with van der Waals surface area (Å²) in [5.74, 6) is 0. The van der Waals surface area contributed by atoms with E-state index in [0.717, 1.165) is 10.3 Å². The van der Waals surface area contributed by atoms with E-state index in [1.165, 1.54) is 15.9 Å². The third-order valence-electron chi connectivity index (χ3n) is 4.45. The summed E-state index contributed by atoms with van der Waals surface area (Å²) < 4.78 is 6.89. The molecule has 8 heteroatoms. The second-order valence-corrected chi connectivity index (χ2v) is 8.97. The van der Waals surface area contributed by atoms with Gasteiger partial charge in [0.2, 0.25) is 0 Å². The number of para-hydroxylation sites is 1. The van der Waals surface area contributed by atoms with Crippen LogP contribution in [0.15, 0.2) is 57.6 Å². The van der Waals surface area contributed by atoms with Crippen LogP contribution in [0.1, 0.15) is 31.2 Å². The normalized spacial score (nSPS) is 13.1. The number of hydrogen-bond acceptors (Lipinski definition) is 5. The SMILES string of the molecule is CC(C)(C)OC(=O)n1cc(C=c2[nH]c(=O)c(=Cc3cccs3)[nH]c2=O)c2ccccc21. The number of thiophene rings is 1. The monoisotopic (exact) mass is 435 g/mol. The molecule has 0 atom stereocenters. The van der Waals surface area contributed by atoms with E-state index in [0.29, 0.717) is 11.1 Å². The second kappa shape index (κ2) is 7.88. The van der Waals surface area contributed by atoms with E-state index >= 15 is 0 Å². The molecule has 0 saturated carbocycles. The van der Waals surface area contributed by atoms with Crippen molar-refractivity contribution in [3.8, 4) is 0 Å². The third-order valence-corrected chi connectivity index (χ3v) is 5.27. The summed E-state index contributed by atoms with van der Waals surface area (Å²) in [4.78, 5) is 43.9. The van der Waals surface area contributed by atoms with Crippen LogP contribution in [0.3, 0.4) is 0 Å². The Morgan fingerprint density at radius 1 is 1.00 bits per heavy atom. The van der Waals surface area contributed by atoms with Crippen LogP contribution in [-0.4, -0.2) is 26.2 Å². The fraction of sp³-hybridized carbons (Fsp3) is 0.174. The molecule has 0 saturated heterocycles. The van der Waals surface area contributed by atoms with Crippen LogP contribution in [0.4, 0.5) is 4.79 Å². The molecule has 0 fully saturated rings. The minimum atomic E-state index is -0.649. The van der Waals surface area contributed by atoms with Crippen molar-refractivity contribution in [3.63, 3.8) is 0 Å². The van der Waals surface area contributed by atoms with E-state index in [9.17, 15) is 14.4 Å². The van der Waals surface area contributed by atoms with Crippen molar-refractivity contribution in [3.05, 3.63) is 89.8 Å². The standard InChI is InChI=1S/C23H21N3O4S/c1-23(2,3)30-22(29)26-13-14(16-8-4-5-9-19(16)26)11-17-20(27)25-18(21(28)24-17)12-15-7-6-10-31-15/h4-13H,1-3H3,(H,24,28)(H,25,27). The minimum Gasteiger partial charge on any atom is -0.443 e. The lowest BCUT2D eigenvalue weighted by atomic mass is 10.1. The number of H-pyrrole nitrogens is 2. The van der Waals surface area contributed by atoms with Gasteiger partial charge < -0.3 is 14.7 Å². The molecule has 0 aliphatic carbocycles. The Labute approximate surface area is 180 Å². The number of rotatable bonds is 2. The summed E-state index contributed by atoms with van der Waals surface area (Å²) in [6.45, 7) is 5.38. The van der Waals surface area contributed by atoms with E-state index in [2.05, 4.69) is 9.97 Å². The van der Waals surface area contributed by atoms with Gasteiger partial charge in [-0.05, 0) is 50.4 Å². The van der Waals surface area contributed by atoms with Crippen LogP contribution in [0.2, 0.25) is 0 Å². The van der Waals surface area contributed by atoms with Crippen LogP contribution in [0.25, 0.3) is 23.1 Å². The predicted octanol–water partition coefficient (Wildman–Crippen LogP) is 2.52. The molecule has 2 N–H and O–H groups in total. The number of carbonyl (C=O) groups is 1. The van der Waals surface area contributed by atoms with Gasteiger partial charge in [-0.2, -0.15) is 0 Å². The lowest BCUT2D eigenvalue weighted by Gasteiger charge is -2.19. The summed E-state index contributed by atoms with van der Waals surface area (Å²) in [5, 5.41) is 2.92. The number of ether oxygens (including phenoxy) is 1. The zero-order valence-corrected chi connectivity index (χ0v) is 18.1. The summed E-state index contributed by atoms with van der Waals surface area (Å²) >= 11 is 1.46. The first-order valence-electron chi connectivity index (χ1n) is 9.64. The molecule has 4 aromatic rings. The van der Waals surface area contributed by atoms with Crippen molar-refractivity contribution in [2.75, 3.05) is 0 Å². The number of aromatic amines is 2. The average molecular weight is 436 g/mol. The number of carbonyl (C=O) groups excluding carboxylic acids is 1. The number of nitrogens with zero attached hydrogens (tertiary/aromatic N) is 1. The Morgan fingerprint density at radius 3 is 2.32 bits per heavy atom. The highest BCUT2D eigenvalue weighted by Crippen LogP contribution is 2.23. The lowest BCUT2D eigenvalue weighted by molar-refractivity contribution is 0.0544. The highest BCUT2D eigenvalue weighted by Gasteiger charge is 2.20. The molecule has 0 bridgehead atoms. The van der Waals surface area contributed by atoms with Crippen molar-refractivity contribution < 1.29 is 9.53 Å². The van der Waals surface area contributed by atoms with Gasteiger partial charge in [0.15, 0.2) is 0 Å². The van der Waals surface area contributed by atoms with Gasteiger partial charge in [0.1, 0.15) is 16.3 Å². The number of fused-ring (bicyclic) bond motifs is 1. The summed E-state index contributed by atoms with van der Waals surface area (Å²) in [5.41, 5.74) is -0.238. The summed E-state index contributed by atoms with van der Waals surface area (Å²) in [6.07, 6.45) is 4.26. The van der Waals surface area contributed by atoms with Gasteiger partial charge in [-0.15, -0.1) is 11.3 Å². The van der Waals surface area contributed by atoms with Crippen LogP contribution in [0.5, 0.6) is 0 Å². The molecule has 158 valence electrons. The Kier molecular flexibility index (Phi) is 5.24. The van der Waals surface area contributed by atoms with E-state index in [-0.39, 0.29) is 10.7 Å². The van der Waals surface area contributed by atoms with Gasteiger partial charge in [-0.1, -0.05) is 24.3 Å². The molecule has 0 amide bonds. The topological polar surface area (TPSA) is 96.9 Å². The van der Waals surface area contributed by atoms with Gasteiger partial charge in [0.05, 0.1) is 5.52 Å². The highest BCUT2D eigenvalue weighted by atomic mass is 32.1. The first-order chi connectivity index (χ1) is 14.7. The maximum Gasteiger partial charge on any atom is 0.419 e. The van der Waals surface area contributed by atoms with Gasteiger partial charge in [-0.25, -0.2) is 4.79 Å². The fourth-order valence-corrected chi connectivity index (χ4v) is 3.81. The largest absolute Gasteiger partial charge is 0.443 e. The molecule has 0 spiro atoms. The molecule has 4 rings (SSSR count). The van der Waals surface area contributed by atoms with Gasteiger partial charge in [0.25, 0.3) is 11.1 Å². The zero-order valence-electron chi connectivity index (χ0n) is 17.3. The van der Waals surface area contributed by atoms with Crippen molar-refractivity contribution in [2.45, 2.75) is 26.4 Å². The van der Waals surface area contributed by atoms with E-state index in [1.54, 1.807) is 45.2 Å². The first-order valence-corrected chi connectivity index (χ1v) is 10.5. The van der Waals surface area contributed by atoms with Gasteiger partial charge >= 0.3 is 6.09 Å². The van der Waals surface area contributed by atoms with Crippen LogP contribution >= 0.6 is 11.3 Å². The highest BCUT2D eigenvalue weighted by molar-refractivity contribution is 7.10. The lowest BCUT2D eigenvalue weighted by Crippen LogP contribution is -2.46. The maximum atomic E-state index is 12.7. The maximum absolute atomic E-state index is 12.7. The predicted molar refractivity (Wildman–Crippen MR) is 122 cm³/mol. The molecule has 1 aromatic carbocycles. The summed E-state index contributed by atoms with van der Waals surface area (Å²) in [7, 11) is 0. The Morgan fingerprint density at radius 2 is 1.68 bits per heavy atom. The van der Waals surface area contributed by atoms with Crippen LogP contribution in [0, 0.1) is 0 Å². The molecule has 0 unspecified atom stereocenters. The molecule has 0 aliphatic rings. The number of benzene rings is 1. The van der Waals surface area contributed by atoms with E-state index in [1.807, 2.05) is 35.7 Å². The van der Waals surface area contributed by atoms with Crippen molar-refractivity contribution in [1.29, 1.82) is 0 Å². The van der Waals surface area contributed by atoms with Crippen molar-refractivity contribution >= 4 is 40.5 Å².